The number of alkyl carbamates (subject to hydrolysis) is 1. The van der Waals surface area contributed by atoms with Gasteiger partial charge in [-0.05, 0) is 71.1 Å². The first-order valence-electron chi connectivity index (χ1n) is 15.1. The molecule has 3 rings (SSSR count). The molecular weight excluding hydrogens is 590 g/mol. The number of amides is 3. The maximum Gasteiger partial charge on any atom is 0.408 e. The first kappa shape index (κ1) is 35.5. The summed E-state index contributed by atoms with van der Waals surface area (Å²) in [7, 11) is 0. The second kappa shape index (κ2) is 14.9. The Kier molecular flexibility index (Phi) is 11.7. The highest BCUT2D eigenvalue weighted by Crippen LogP contribution is 2.41. The molecule has 0 radical (unpaired) electrons. The van der Waals surface area contributed by atoms with Crippen LogP contribution in [0.5, 0.6) is 0 Å². The highest BCUT2D eigenvalue weighted by atomic mass is 32.1. The molecule has 1 saturated carbocycles. The lowest BCUT2D eigenvalue weighted by atomic mass is 9.96. The van der Waals surface area contributed by atoms with Crippen LogP contribution < -0.4 is 10.6 Å². The fourth-order valence-electron chi connectivity index (χ4n) is 4.94. The minimum Gasteiger partial charge on any atom is -0.458 e. The highest BCUT2D eigenvalue weighted by Gasteiger charge is 2.49. The topological polar surface area (TPSA) is 114 Å². The van der Waals surface area contributed by atoms with Crippen LogP contribution in [0.15, 0.2) is 54.6 Å². The molecule has 10 heteroatoms. The predicted octanol–water partition coefficient (Wildman–Crippen LogP) is 4.84. The molecule has 9 nitrogen and oxygen atoms in total. The van der Waals surface area contributed by atoms with E-state index in [1.807, 2.05) is 37.3 Å². The van der Waals surface area contributed by atoms with Crippen LogP contribution in [0.1, 0.15) is 77.6 Å². The normalized spacial score (nSPS) is 17.9. The fraction of sp³-hybridized carbons (Fsp3) is 0.486. The summed E-state index contributed by atoms with van der Waals surface area (Å²) >= 11 is 4.36. The summed E-state index contributed by atoms with van der Waals surface area (Å²) in [5.74, 6) is 0.928. The average Bonchev–Trinajstić information content (AvgIpc) is 3.67. The predicted molar refractivity (Wildman–Crippen MR) is 176 cm³/mol. The van der Waals surface area contributed by atoms with Crippen molar-refractivity contribution >= 4 is 36.5 Å². The van der Waals surface area contributed by atoms with E-state index in [-0.39, 0.29) is 24.1 Å². The van der Waals surface area contributed by atoms with E-state index in [1.165, 1.54) is 4.90 Å². The molecule has 2 aromatic carbocycles. The number of hydrogen-bond donors (Lipinski definition) is 3. The largest absolute Gasteiger partial charge is 0.458 e. The van der Waals surface area contributed by atoms with Crippen molar-refractivity contribution in [2.75, 3.05) is 5.75 Å². The molecule has 1 aliphatic carbocycles. The van der Waals surface area contributed by atoms with Gasteiger partial charge in [-0.25, -0.2) is 9.59 Å². The Balaban J connectivity index is 2.07. The van der Waals surface area contributed by atoms with E-state index in [4.69, 9.17) is 15.9 Å². The zero-order valence-electron chi connectivity index (χ0n) is 27.1. The van der Waals surface area contributed by atoms with Crippen LogP contribution in [0, 0.1) is 18.3 Å². The number of esters is 1. The number of nitrogens with one attached hydrogen (secondary N) is 2. The van der Waals surface area contributed by atoms with Gasteiger partial charge >= 0.3 is 12.1 Å². The van der Waals surface area contributed by atoms with Crippen LogP contribution in [0.25, 0.3) is 0 Å². The number of hydrogen-bond acceptors (Lipinski definition) is 7. The lowest BCUT2D eigenvalue weighted by molar-refractivity contribution is -0.159. The molecule has 1 fully saturated rings. The van der Waals surface area contributed by atoms with Gasteiger partial charge in [0.05, 0.1) is 0 Å². The van der Waals surface area contributed by atoms with Gasteiger partial charge < -0.3 is 25.0 Å². The van der Waals surface area contributed by atoms with E-state index >= 15 is 0 Å². The molecule has 0 spiro atoms. The minimum absolute atomic E-state index is 0.0463. The summed E-state index contributed by atoms with van der Waals surface area (Å²) in [6, 6.07) is 12.4. The van der Waals surface area contributed by atoms with Crippen molar-refractivity contribution in [3.8, 4) is 12.3 Å². The molecule has 0 bridgehead atoms. The van der Waals surface area contributed by atoms with Crippen molar-refractivity contribution in [2.24, 2.45) is 5.92 Å². The van der Waals surface area contributed by atoms with E-state index in [2.05, 4.69) is 29.2 Å². The molecule has 1 aliphatic rings. The van der Waals surface area contributed by atoms with Crippen LogP contribution in [0.2, 0.25) is 0 Å². The second-order valence-electron chi connectivity index (χ2n) is 13.3. The summed E-state index contributed by atoms with van der Waals surface area (Å²) in [5.41, 5.74) is 0.0634. The highest BCUT2D eigenvalue weighted by molar-refractivity contribution is 7.80. The SMILES string of the molecule is C#Cc1ccccc1C(C(=O)NC(Cc1ccccc1)C(=O)OC(C)(C)C)N(C(=O)C(CS)NC(=O)OC(C)(C)C)C1CC1C. The van der Waals surface area contributed by atoms with E-state index in [0.717, 1.165) is 5.56 Å². The van der Waals surface area contributed by atoms with Gasteiger partial charge in [0.2, 0.25) is 11.8 Å². The molecule has 242 valence electrons. The van der Waals surface area contributed by atoms with Gasteiger partial charge in [-0.1, -0.05) is 61.4 Å². The van der Waals surface area contributed by atoms with Crippen molar-refractivity contribution in [1.82, 2.24) is 15.5 Å². The van der Waals surface area contributed by atoms with Gasteiger partial charge in [0.1, 0.15) is 29.3 Å². The van der Waals surface area contributed by atoms with Crippen molar-refractivity contribution < 1.29 is 28.7 Å². The fourth-order valence-corrected chi connectivity index (χ4v) is 5.19. The number of ether oxygens (including phenoxy) is 2. The lowest BCUT2D eigenvalue weighted by Gasteiger charge is -2.36. The monoisotopic (exact) mass is 635 g/mol. The van der Waals surface area contributed by atoms with Crippen molar-refractivity contribution in [3.05, 3.63) is 71.3 Å². The molecule has 0 saturated heterocycles. The van der Waals surface area contributed by atoms with Crippen molar-refractivity contribution in [2.45, 2.75) is 96.7 Å². The van der Waals surface area contributed by atoms with Crippen LogP contribution in [0.4, 0.5) is 4.79 Å². The Morgan fingerprint density at radius 1 is 0.933 bits per heavy atom. The van der Waals surface area contributed by atoms with Gasteiger partial charge in [0.15, 0.2) is 0 Å². The van der Waals surface area contributed by atoms with Crippen LogP contribution >= 0.6 is 12.6 Å². The Bertz CT molecular complexity index is 1410. The summed E-state index contributed by atoms with van der Waals surface area (Å²) in [5, 5.41) is 5.51. The van der Waals surface area contributed by atoms with Crippen LogP contribution in [-0.4, -0.2) is 63.9 Å². The molecule has 45 heavy (non-hydrogen) atoms. The summed E-state index contributed by atoms with van der Waals surface area (Å²) in [6.45, 7) is 12.4. The molecular formula is C35H45N3O6S. The molecule has 5 unspecified atom stereocenters. The zero-order valence-corrected chi connectivity index (χ0v) is 28.0. The molecule has 0 heterocycles. The van der Waals surface area contributed by atoms with Crippen LogP contribution in [-0.2, 0) is 30.3 Å². The molecule has 0 aromatic heterocycles. The van der Waals surface area contributed by atoms with E-state index in [9.17, 15) is 19.2 Å². The van der Waals surface area contributed by atoms with Crippen molar-refractivity contribution in [1.29, 1.82) is 0 Å². The summed E-state index contributed by atoms with van der Waals surface area (Å²) < 4.78 is 11.1. The number of benzene rings is 2. The van der Waals surface area contributed by atoms with E-state index in [0.29, 0.717) is 17.5 Å². The third-order valence-electron chi connectivity index (χ3n) is 7.08. The van der Waals surface area contributed by atoms with Gasteiger partial charge in [-0.2, -0.15) is 12.6 Å². The second-order valence-corrected chi connectivity index (χ2v) is 13.7. The van der Waals surface area contributed by atoms with Gasteiger partial charge in [-0.15, -0.1) is 6.42 Å². The lowest BCUT2D eigenvalue weighted by Crippen LogP contribution is -2.56. The number of carbonyl (C=O) groups excluding carboxylic acids is 4. The summed E-state index contributed by atoms with van der Waals surface area (Å²) in [6.07, 6.45) is 5.89. The number of rotatable bonds is 11. The quantitative estimate of drug-likeness (QED) is 0.185. The van der Waals surface area contributed by atoms with Crippen molar-refractivity contribution in [3.63, 3.8) is 0 Å². The smallest absolute Gasteiger partial charge is 0.408 e. The molecule has 3 amide bonds. The Morgan fingerprint density at radius 2 is 1.51 bits per heavy atom. The number of thiol groups is 1. The summed E-state index contributed by atoms with van der Waals surface area (Å²) in [4.78, 5) is 56.4. The van der Waals surface area contributed by atoms with Gasteiger partial charge in [0, 0.05) is 23.8 Å². The first-order chi connectivity index (χ1) is 21.0. The minimum atomic E-state index is -1.22. The Labute approximate surface area is 272 Å². The third kappa shape index (κ3) is 10.3. The third-order valence-corrected chi connectivity index (χ3v) is 7.44. The number of nitrogens with zero attached hydrogens (tertiary/aromatic N) is 1. The maximum atomic E-state index is 14.5. The standard InChI is InChI=1S/C35H45N3O6S/c1-9-24-17-13-14-18-25(24)29(30(39)36-26(32(41)43-34(3,4)5)20-23-15-11-10-12-16-23)38(28-19-22(28)2)31(40)27(21-45)37-33(42)44-35(6,7)8/h1,10-18,22,26-29,45H,19-21H2,2-8H3,(H,36,39)(H,37,42). The maximum absolute atomic E-state index is 14.5. The average molecular weight is 636 g/mol. The van der Waals surface area contributed by atoms with Crippen LogP contribution in [0.3, 0.4) is 0 Å². The van der Waals surface area contributed by atoms with Gasteiger partial charge in [0.25, 0.3) is 0 Å². The molecule has 2 N–H and O–H groups in total. The Hall–Kier alpha value is -3.97. The number of terminal acetylenes is 1. The number of carbonyl (C=O) groups is 4. The van der Waals surface area contributed by atoms with Gasteiger partial charge in [-0.3, -0.25) is 9.59 Å². The molecule has 2 aromatic rings. The molecule has 5 atom stereocenters. The van der Waals surface area contributed by atoms with E-state index < -0.39 is 53.2 Å². The first-order valence-corrected chi connectivity index (χ1v) is 15.7. The van der Waals surface area contributed by atoms with E-state index in [1.54, 1.807) is 65.8 Å². The molecule has 0 aliphatic heterocycles. The zero-order chi connectivity index (χ0) is 33.5. The Morgan fingerprint density at radius 3 is 2.04 bits per heavy atom.